The molecule has 7 heteroatoms. The number of H-pyrrole nitrogens is 1. The van der Waals surface area contributed by atoms with Crippen molar-refractivity contribution in [3.63, 3.8) is 0 Å². The second kappa shape index (κ2) is 9.81. The van der Waals surface area contributed by atoms with Crippen LogP contribution in [0.15, 0.2) is 47.7 Å². The molecule has 1 fully saturated rings. The summed E-state index contributed by atoms with van der Waals surface area (Å²) in [6.07, 6.45) is 7.13. The Labute approximate surface area is 183 Å². The van der Waals surface area contributed by atoms with Crippen molar-refractivity contribution in [2.75, 3.05) is 31.6 Å². The van der Waals surface area contributed by atoms with Gasteiger partial charge in [0.2, 0.25) is 0 Å². The summed E-state index contributed by atoms with van der Waals surface area (Å²) in [5.41, 5.74) is 3.16. The molecule has 1 aliphatic heterocycles. The zero-order valence-corrected chi connectivity index (χ0v) is 18.3. The molecule has 3 aromatic rings. The molecule has 2 aromatic heterocycles. The number of pyridine rings is 1. The number of aromatic amines is 1. The lowest BCUT2D eigenvalue weighted by molar-refractivity contribution is 0.436. The number of benzene rings is 1. The number of piperidine rings is 1. The van der Waals surface area contributed by atoms with E-state index in [2.05, 4.69) is 49.6 Å². The average molecular weight is 423 g/mol. The fourth-order valence-electron chi connectivity index (χ4n) is 4.03. The largest absolute Gasteiger partial charge is 0.361 e. The van der Waals surface area contributed by atoms with Crippen molar-refractivity contribution in [2.45, 2.75) is 32.7 Å². The highest BCUT2D eigenvalue weighted by molar-refractivity contribution is 5.83. The summed E-state index contributed by atoms with van der Waals surface area (Å²) in [5, 5.41) is 7.59. The smallest absolute Gasteiger partial charge is 0.191 e. The Morgan fingerprint density at radius 2 is 2.06 bits per heavy atom. The van der Waals surface area contributed by atoms with Gasteiger partial charge in [-0.1, -0.05) is 13.0 Å². The van der Waals surface area contributed by atoms with E-state index in [1.54, 1.807) is 19.2 Å². The minimum absolute atomic E-state index is 0.215. The average Bonchev–Trinajstić information content (AvgIpc) is 3.19. The summed E-state index contributed by atoms with van der Waals surface area (Å²) in [6.45, 7) is 5.85. The third-order valence-electron chi connectivity index (χ3n) is 6.02. The lowest BCUT2D eigenvalue weighted by atomic mass is 9.99. The molecular weight excluding hydrogens is 391 g/mol. The monoisotopic (exact) mass is 422 g/mol. The molecule has 164 valence electrons. The summed E-state index contributed by atoms with van der Waals surface area (Å²) in [5.74, 6) is 2.40. The van der Waals surface area contributed by atoms with Crippen LogP contribution in [0.25, 0.3) is 10.9 Å². The van der Waals surface area contributed by atoms with E-state index in [9.17, 15) is 4.39 Å². The molecule has 0 unspecified atom stereocenters. The van der Waals surface area contributed by atoms with Crippen LogP contribution in [0, 0.1) is 11.7 Å². The number of aliphatic imine (C=N–C) groups is 1. The first-order chi connectivity index (χ1) is 15.1. The zero-order chi connectivity index (χ0) is 21.6. The van der Waals surface area contributed by atoms with Crippen LogP contribution >= 0.6 is 0 Å². The summed E-state index contributed by atoms with van der Waals surface area (Å²) >= 11 is 0. The van der Waals surface area contributed by atoms with E-state index < -0.39 is 0 Å². The van der Waals surface area contributed by atoms with Crippen molar-refractivity contribution >= 4 is 22.7 Å². The fraction of sp³-hybridized carbons (Fsp3) is 0.417. The van der Waals surface area contributed by atoms with Crippen LogP contribution < -0.4 is 15.5 Å². The second-order valence-corrected chi connectivity index (χ2v) is 8.30. The number of halogens is 1. The number of nitrogens with zero attached hydrogens (tertiary/aromatic N) is 3. The summed E-state index contributed by atoms with van der Waals surface area (Å²) in [4.78, 5) is 14.5. The number of aromatic nitrogens is 2. The molecule has 0 spiro atoms. The summed E-state index contributed by atoms with van der Waals surface area (Å²) in [6, 6.07) is 9.06. The first kappa shape index (κ1) is 21.2. The lowest BCUT2D eigenvalue weighted by Gasteiger charge is -2.31. The van der Waals surface area contributed by atoms with Gasteiger partial charge in [-0.25, -0.2) is 9.37 Å². The number of hydrogen-bond donors (Lipinski definition) is 3. The highest BCUT2D eigenvalue weighted by atomic mass is 19.1. The van der Waals surface area contributed by atoms with Crippen molar-refractivity contribution in [1.82, 2.24) is 20.6 Å². The van der Waals surface area contributed by atoms with E-state index in [0.29, 0.717) is 13.1 Å². The van der Waals surface area contributed by atoms with Crippen molar-refractivity contribution < 1.29 is 4.39 Å². The Bertz CT molecular complexity index is 1020. The number of nitrogens with one attached hydrogen (secondary N) is 3. The van der Waals surface area contributed by atoms with Gasteiger partial charge in [-0.15, -0.1) is 0 Å². The first-order valence-electron chi connectivity index (χ1n) is 11.0. The van der Waals surface area contributed by atoms with Crippen molar-refractivity contribution in [3.05, 3.63) is 59.7 Å². The molecule has 1 aromatic carbocycles. The first-order valence-corrected chi connectivity index (χ1v) is 11.0. The normalized spacial score (nSPS) is 15.5. The second-order valence-electron chi connectivity index (χ2n) is 8.30. The van der Waals surface area contributed by atoms with Crippen LogP contribution in [0.4, 0.5) is 10.2 Å². The van der Waals surface area contributed by atoms with Crippen molar-refractivity contribution in [3.8, 4) is 0 Å². The van der Waals surface area contributed by atoms with Gasteiger partial charge in [0.15, 0.2) is 5.96 Å². The van der Waals surface area contributed by atoms with Gasteiger partial charge in [-0.3, -0.25) is 4.99 Å². The predicted octanol–water partition coefficient (Wildman–Crippen LogP) is 3.85. The van der Waals surface area contributed by atoms with Crippen LogP contribution in [0.2, 0.25) is 0 Å². The maximum atomic E-state index is 13.5. The number of anilines is 1. The molecule has 0 saturated carbocycles. The van der Waals surface area contributed by atoms with Crippen LogP contribution in [0.3, 0.4) is 0 Å². The summed E-state index contributed by atoms with van der Waals surface area (Å²) in [7, 11) is 1.76. The molecule has 0 bridgehead atoms. The molecule has 0 aliphatic carbocycles. The fourth-order valence-corrected chi connectivity index (χ4v) is 4.03. The van der Waals surface area contributed by atoms with E-state index in [0.717, 1.165) is 59.2 Å². The topological polar surface area (TPSA) is 68.3 Å². The highest BCUT2D eigenvalue weighted by Crippen LogP contribution is 2.21. The van der Waals surface area contributed by atoms with E-state index in [1.807, 2.05) is 12.4 Å². The van der Waals surface area contributed by atoms with Gasteiger partial charge in [0.1, 0.15) is 11.6 Å². The van der Waals surface area contributed by atoms with Gasteiger partial charge in [-0.2, -0.15) is 0 Å². The molecule has 3 heterocycles. The Morgan fingerprint density at radius 3 is 2.81 bits per heavy atom. The summed E-state index contributed by atoms with van der Waals surface area (Å²) < 4.78 is 13.5. The SMILES string of the molecule is CN=C(NCCc1c[nH]c2ccc(F)cc12)NCc1ccc(N2CCC(C)CC2)nc1. The van der Waals surface area contributed by atoms with Gasteiger partial charge in [0.05, 0.1) is 0 Å². The molecule has 1 saturated heterocycles. The molecule has 0 atom stereocenters. The molecular formula is C24H31FN6. The standard InChI is InChI=1S/C24H31FN6/c1-17-8-11-31(12-9-17)23-6-3-18(14-29-23)15-30-24(26-2)27-10-7-19-16-28-22-5-4-20(25)13-21(19)22/h3-6,13-14,16-17,28H,7-12,15H2,1-2H3,(H2,26,27,30). The Kier molecular flexibility index (Phi) is 6.70. The third-order valence-corrected chi connectivity index (χ3v) is 6.02. The van der Waals surface area contributed by atoms with E-state index in [-0.39, 0.29) is 5.82 Å². The quantitative estimate of drug-likeness (QED) is 0.417. The minimum Gasteiger partial charge on any atom is -0.361 e. The van der Waals surface area contributed by atoms with Gasteiger partial charge in [0, 0.05) is 56.5 Å². The maximum absolute atomic E-state index is 13.5. The molecule has 31 heavy (non-hydrogen) atoms. The Hall–Kier alpha value is -3.09. The predicted molar refractivity (Wildman–Crippen MR) is 125 cm³/mol. The number of rotatable bonds is 6. The van der Waals surface area contributed by atoms with E-state index in [4.69, 9.17) is 0 Å². The molecule has 0 amide bonds. The number of hydrogen-bond acceptors (Lipinski definition) is 3. The van der Waals surface area contributed by atoms with E-state index in [1.165, 1.54) is 18.9 Å². The molecule has 3 N–H and O–H groups in total. The highest BCUT2D eigenvalue weighted by Gasteiger charge is 2.16. The molecule has 6 nitrogen and oxygen atoms in total. The van der Waals surface area contributed by atoms with Crippen molar-refractivity contribution in [1.29, 1.82) is 0 Å². The zero-order valence-electron chi connectivity index (χ0n) is 18.3. The Balaban J connectivity index is 1.25. The van der Waals surface area contributed by atoms with Crippen LogP contribution in [0.1, 0.15) is 30.9 Å². The molecule has 1 aliphatic rings. The van der Waals surface area contributed by atoms with Crippen LogP contribution in [-0.4, -0.2) is 42.6 Å². The molecule has 4 rings (SSSR count). The van der Waals surface area contributed by atoms with Gasteiger partial charge in [0.25, 0.3) is 0 Å². The maximum Gasteiger partial charge on any atom is 0.191 e. The minimum atomic E-state index is -0.215. The third kappa shape index (κ3) is 5.34. The van der Waals surface area contributed by atoms with Gasteiger partial charge in [-0.05, 0) is 60.6 Å². The molecule has 0 radical (unpaired) electrons. The van der Waals surface area contributed by atoms with Crippen LogP contribution in [0.5, 0.6) is 0 Å². The van der Waals surface area contributed by atoms with E-state index >= 15 is 0 Å². The van der Waals surface area contributed by atoms with Crippen LogP contribution in [-0.2, 0) is 13.0 Å². The lowest BCUT2D eigenvalue weighted by Crippen LogP contribution is -2.38. The number of guanidine groups is 1. The van der Waals surface area contributed by atoms with Crippen molar-refractivity contribution in [2.24, 2.45) is 10.9 Å². The van der Waals surface area contributed by atoms with Gasteiger partial charge < -0.3 is 20.5 Å². The Morgan fingerprint density at radius 1 is 1.23 bits per heavy atom. The van der Waals surface area contributed by atoms with Gasteiger partial charge >= 0.3 is 0 Å². The number of fused-ring (bicyclic) bond motifs is 1.